The first-order valence-electron chi connectivity index (χ1n) is 7.04. The molecule has 2 rings (SSSR count). The van der Waals surface area contributed by atoms with E-state index in [4.69, 9.17) is 10.00 Å². The van der Waals surface area contributed by atoms with Crippen LogP contribution >= 0.6 is 0 Å². The van der Waals surface area contributed by atoms with Gasteiger partial charge >= 0.3 is 0 Å². The summed E-state index contributed by atoms with van der Waals surface area (Å²) < 4.78 is 5.75. The van der Waals surface area contributed by atoms with Gasteiger partial charge in [0, 0.05) is 38.8 Å². The number of rotatable bonds is 3. The average molecular weight is 251 g/mol. The van der Waals surface area contributed by atoms with Crippen molar-refractivity contribution in [3.05, 3.63) is 0 Å². The normalized spacial score (nSPS) is 32.9. The Bertz CT molecular complexity index is 305. The van der Waals surface area contributed by atoms with Crippen LogP contribution in [0, 0.1) is 16.7 Å². The predicted octanol–water partition coefficient (Wildman–Crippen LogP) is 1.38. The Morgan fingerprint density at radius 2 is 2.33 bits per heavy atom. The highest BCUT2D eigenvalue weighted by molar-refractivity contribution is 4.92. The van der Waals surface area contributed by atoms with Gasteiger partial charge in [-0.15, -0.1) is 0 Å². The zero-order chi connectivity index (χ0) is 13.0. The summed E-state index contributed by atoms with van der Waals surface area (Å²) in [5, 5.41) is 12.5. The molecule has 0 aromatic heterocycles. The fourth-order valence-electron chi connectivity index (χ4n) is 3.01. The van der Waals surface area contributed by atoms with Crippen LogP contribution in [0.1, 0.15) is 33.1 Å². The molecule has 4 heteroatoms. The summed E-state index contributed by atoms with van der Waals surface area (Å²) in [5.41, 5.74) is 0.267. The van der Waals surface area contributed by atoms with Gasteiger partial charge in [0.1, 0.15) is 0 Å². The van der Waals surface area contributed by atoms with Crippen molar-refractivity contribution in [2.24, 2.45) is 5.41 Å². The van der Waals surface area contributed by atoms with Crippen molar-refractivity contribution >= 4 is 0 Å². The first-order valence-corrected chi connectivity index (χ1v) is 7.04. The van der Waals surface area contributed by atoms with E-state index in [1.165, 1.54) is 12.8 Å². The van der Waals surface area contributed by atoms with Gasteiger partial charge in [0.05, 0.1) is 18.6 Å². The number of hydrogen-bond acceptors (Lipinski definition) is 4. The molecule has 0 aromatic rings. The molecule has 2 unspecified atom stereocenters. The first-order chi connectivity index (χ1) is 8.61. The topological polar surface area (TPSA) is 48.3 Å². The van der Waals surface area contributed by atoms with Crippen LogP contribution < -0.4 is 5.32 Å². The summed E-state index contributed by atoms with van der Waals surface area (Å²) >= 11 is 0. The van der Waals surface area contributed by atoms with Gasteiger partial charge in [0.25, 0.3) is 0 Å². The quantitative estimate of drug-likeness (QED) is 0.823. The van der Waals surface area contributed by atoms with E-state index in [1.54, 1.807) is 0 Å². The Morgan fingerprint density at radius 1 is 1.50 bits per heavy atom. The third-order valence-corrected chi connectivity index (χ3v) is 3.92. The molecule has 102 valence electrons. The Labute approximate surface area is 110 Å². The summed E-state index contributed by atoms with van der Waals surface area (Å²) in [6.07, 6.45) is 3.34. The predicted molar refractivity (Wildman–Crippen MR) is 71.2 cm³/mol. The zero-order valence-electron chi connectivity index (χ0n) is 11.6. The van der Waals surface area contributed by atoms with Crippen molar-refractivity contribution < 1.29 is 4.74 Å². The molecule has 2 saturated heterocycles. The van der Waals surface area contributed by atoms with E-state index >= 15 is 0 Å². The molecule has 0 radical (unpaired) electrons. The van der Waals surface area contributed by atoms with Crippen molar-refractivity contribution in [3.63, 3.8) is 0 Å². The van der Waals surface area contributed by atoms with Gasteiger partial charge < -0.3 is 10.1 Å². The molecule has 0 aromatic carbocycles. The van der Waals surface area contributed by atoms with E-state index in [2.05, 4.69) is 30.1 Å². The third-order valence-electron chi connectivity index (χ3n) is 3.92. The molecule has 0 amide bonds. The molecule has 2 fully saturated rings. The van der Waals surface area contributed by atoms with E-state index in [0.717, 1.165) is 32.8 Å². The maximum atomic E-state index is 8.98. The highest BCUT2D eigenvalue weighted by Crippen LogP contribution is 2.23. The van der Waals surface area contributed by atoms with Gasteiger partial charge in [0.2, 0.25) is 0 Å². The molecule has 18 heavy (non-hydrogen) atoms. The highest BCUT2D eigenvalue weighted by atomic mass is 16.5. The smallest absolute Gasteiger partial charge is 0.0702 e. The Hall–Kier alpha value is -0.630. The van der Waals surface area contributed by atoms with E-state index in [1.807, 2.05) is 0 Å². The Balaban J connectivity index is 2.00. The molecule has 2 atom stereocenters. The van der Waals surface area contributed by atoms with Gasteiger partial charge in [-0.05, 0) is 18.3 Å². The minimum absolute atomic E-state index is 0.267. The number of nitriles is 1. The Morgan fingerprint density at radius 3 is 3.00 bits per heavy atom. The van der Waals surface area contributed by atoms with Crippen LogP contribution in [0.15, 0.2) is 0 Å². The van der Waals surface area contributed by atoms with E-state index in [0.29, 0.717) is 18.6 Å². The highest BCUT2D eigenvalue weighted by Gasteiger charge is 2.32. The summed E-state index contributed by atoms with van der Waals surface area (Å²) in [6, 6.07) is 2.66. The van der Waals surface area contributed by atoms with Gasteiger partial charge in [-0.2, -0.15) is 5.26 Å². The molecule has 0 aliphatic carbocycles. The Kier molecular flexibility index (Phi) is 4.60. The zero-order valence-corrected chi connectivity index (χ0v) is 11.6. The molecule has 2 heterocycles. The second kappa shape index (κ2) is 6.01. The van der Waals surface area contributed by atoms with E-state index in [-0.39, 0.29) is 5.41 Å². The SMILES string of the molecule is CC1(C)CNCC(CC#N)N(CC2CCCO2)C1. The van der Waals surface area contributed by atoms with Gasteiger partial charge in [-0.3, -0.25) is 4.90 Å². The molecule has 0 spiro atoms. The second-order valence-corrected chi connectivity index (χ2v) is 6.38. The maximum absolute atomic E-state index is 8.98. The van der Waals surface area contributed by atoms with Crippen molar-refractivity contribution in [2.45, 2.75) is 45.3 Å². The van der Waals surface area contributed by atoms with Gasteiger partial charge in [0.15, 0.2) is 0 Å². The number of nitrogens with zero attached hydrogens (tertiary/aromatic N) is 2. The van der Waals surface area contributed by atoms with Crippen LogP contribution in [0.2, 0.25) is 0 Å². The minimum atomic E-state index is 0.267. The van der Waals surface area contributed by atoms with Crippen molar-refractivity contribution in [1.82, 2.24) is 10.2 Å². The van der Waals surface area contributed by atoms with Crippen molar-refractivity contribution in [3.8, 4) is 6.07 Å². The fourth-order valence-corrected chi connectivity index (χ4v) is 3.01. The van der Waals surface area contributed by atoms with E-state index in [9.17, 15) is 0 Å². The molecule has 2 aliphatic heterocycles. The monoisotopic (exact) mass is 251 g/mol. The van der Waals surface area contributed by atoms with Crippen LogP contribution in [0.4, 0.5) is 0 Å². The summed E-state index contributed by atoms with van der Waals surface area (Å²) in [7, 11) is 0. The average Bonchev–Trinajstić information content (AvgIpc) is 2.74. The molecule has 4 nitrogen and oxygen atoms in total. The summed E-state index contributed by atoms with van der Waals surface area (Å²) in [4.78, 5) is 2.47. The fraction of sp³-hybridized carbons (Fsp3) is 0.929. The molecule has 2 aliphatic rings. The number of hydrogen-bond donors (Lipinski definition) is 1. The molecule has 1 N–H and O–H groups in total. The van der Waals surface area contributed by atoms with Crippen molar-refractivity contribution in [1.29, 1.82) is 5.26 Å². The number of ether oxygens (including phenoxy) is 1. The van der Waals surface area contributed by atoms with Crippen LogP contribution in [0.3, 0.4) is 0 Å². The minimum Gasteiger partial charge on any atom is -0.377 e. The lowest BCUT2D eigenvalue weighted by molar-refractivity contribution is 0.0489. The van der Waals surface area contributed by atoms with Gasteiger partial charge in [-0.1, -0.05) is 13.8 Å². The maximum Gasteiger partial charge on any atom is 0.0702 e. The molecule has 0 saturated carbocycles. The summed E-state index contributed by atoms with van der Waals surface area (Å²) in [5.74, 6) is 0. The van der Waals surface area contributed by atoms with Gasteiger partial charge in [-0.25, -0.2) is 0 Å². The van der Waals surface area contributed by atoms with Crippen LogP contribution in [-0.4, -0.2) is 49.8 Å². The van der Waals surface area contributed by atoms with Crippen LogP contribution in [-0.2, 0) is 4.74 Å². The molecular formula is C14H25N3O. The molecule has 0 bridgehead atoms. The first kappa shape index (κ1) is 13.8. The number of nitrogens with one attached hydrogen (secondary N) is 1. The largest absolute Gasteiger partial charge is 0.377 e. The second-order valence-electron chi connectivity index (χ2n) is 6.38. The lowest BCUT2D eigenvalue weighted by Gasteiger charge is -2.34. The van der Waals surface area contributed by atoms with Crippen LogP contribution in [0.25, 0.3) is 0 Å². The lowest BCUT2D eigenvalue weighted by atomic mass is 9.93. The summed E-state index contributed by atoms with van der Waals surface area (Å²) in [6.45, 7) is 9.46. The van der Waals surface area contributed by atoms with Crippen molar-refractivity contribution in [2.75, 3.05) is 32.8 Å². The van der Waals surface area contributed by atoms with Crippen LogP contribution in [0.5, 0.6) is 0 Å². The van der Waals surface area contributed by atoms with E-state index < -0.39 is 0 Å². The molecular weight excluding hydrogens is 226 g/mol. The standard InChI is InChI=1S/C14H25N3O/c1-14(2)10-16-8-12(5-6-15)17(11-14)9-13-4-3-7-18-13/h12-13,16H,3-5,7-11H2,1-2H3. The lowest BCUT2D eigenvalue weighted by Crippen LogP contribution is -2.45. The third kappa shape index (κ3) is 3.68.